The van der Waals surface area contributed by atoms with Crippen LogP contribution in [0, 0.1) is 6.92 Å². The summed E-state index contributed by atoms with van der Waals surface area (Å²) in [7, 11) is 2.21. The number of hydrogen-bond donors (Lipinski definition) is 1. The van der Waals surface area contributed by atoms with Crippen molar-refractivity contribution >= 4 is 21.4 Å². The lowest BCUT2D eigenvalue weighted by Gasteiger charge is -2.17. The molecule has 0 saturated carbocycles. The van der Waals surface area contributed by atoms with Gasteiger partial charge in [0.25, 0.3) is 10.0 Å². The van der Waals surface area contributed by atoms with E-state index in [9.17, 15) is 8.42 Å². The van der Waals surface area contributed by atoms with Crippen LogP contribution in [0.3, 0.4) is 0 Å². The second-order valence-corrected chi connectivity index (χ2v) is 8.27. The third kappa shape index (κ3) is 4.25. The molecule has 110 valence electrons. The Labute approximate surface area is 120 Å². The average molecular weight is 305 g/mol. The molecule has 1 aromatic heterocycles. The second kappa shape index (κ2) is 6.81. The van der Waals surface area contributed by atoms with E-state index >= 15 is 0 Å². The molecular weight excluding hydrogens is 282 g/mol. The first kappa shape index (κ1) is 16.6. The Morgan fingerprint density at radius 3 is 2.37 bits per heavy atom. The molecule has 0 aliphatic carbocycles. The minimum absolute atomic E-state index is 0.385. The fourth-order valence-electron chi connectivity index (χ4n) is 1.70. The van der Waals surface area contributed by atoms with Crippen LogP contribution in [0.4, 0.5) is 0 Å². The molecular formula is C12H23N3O2S2. The summed E-state index contributed by atoms with van der Waals surface area (Å²) >= 11 is 1.27. The van der Waals surface area contributed by atoms with Crippen molar-refractivity contribution in [3.63, 3.8) is 0 Å². The van der Waals surface area contributed by atoms with Crippen molar-refractivity contribution in [1.29, 1.82) is 0 Å². The minimum atomic E-state index is -3.37. The van der Waals surface area contributed by atoms with E-state index in [1.165, 1.54) is 15.6 Å². The van der Waals surface area contributed by atoms with Gasteiger partial charge in [0.1, 0.15) is 4.21 Å². The van der Waals surface area contributed by atoms with Crippen LogP contribution in [-0.4, -0.2) is 51.9 Å². The molecule has 0 bridgehead atoms. The van der Waals surface area contributed by atoms with Gasteiger partial charge >= 0.3 is 0 Å². The van der Waals surface area contributed by atoms with Gasteiger partial charge in [0.2, 0.25) is 0 Å². The SMILES string of the molecule is Cc1cc(S(=O)(=O)N(C)CCCN(C)C)sc1CN. The average Bonchev–Trinajstić information content (AvgIpc) is 2.70. The van der Waals surface area contributed by atoms with Crippen molar-refractivity contribution in [2.45, 2.75) is 24.1 Å². The van der Waals surface area contributed by atoms with E-state index < -0.39 is 10.0 Å². The van der Waals surface area contributed by atoms with Gasteiger partial charge < -0.3 is 10.6 Å². The van der Waals surface area contributed by atoms with Crippen molar-refractivity contribution in [3.8, 4) is 0 Å². The monoisotopic (exact) mass is 305 g/mol. The van der Waals surface area contributed by atoms with E-state index in [0.29, 0.717) is 17.3 Å². The Morgan fingerprint density at radius 2 is 1.89 bits per heavy atom. The Balaban J connectivity index is 2.78. The van der Waals surface area contributed by atoms with Gasteiger partial charge in [-0.3, -0.25) is 0 Å². The molecule has 5 nitrogen and oxygen atoms in total. The Morgan fingerprint density at radius 1 is 1.26 bits per heavy atom. The van der Waals surface area contributed by atoms with E-state index in [1.54, 1.807) is 13.1 Å². The highest BCUT2D eigenvalue weighted by Crippen LogP contribution is 2.27. The predicted octanol–water partition coefficient (Wildman–Crippen LogP) is 1.09. The fraction of sp³-hybridized carbons (Fsp3) is 0.667. The van der Waals surface area contributed by atoms with Crippen LogP contribution in [0.15, 0.2) is 10.3 Å². The highest BCUT2D eigenvalue weighted by Gasteiger charge is 2.23. The van der Waals surface area contributed by atoms with Crippen LogP contribution in [0.25, 0.3) is 0 Å². The predicted molar refractivity (Wildman–Crippen MR) is 79.9 cm³/mol. The number of nitrogens with two attached hydrogens (primary N) is 1. The molecule has 0 spiro atoms. The molecule has 0 saturated heterocycles. The summed E-state index contributed by atoms with van der Waals surface area (Å²) in [6, 6.07) is 1.71. The maximum Gasteiger partial charge on any atom is 0.252 e. The lowest BCUT2D eigenvalue weighted by Crippen LogP contribution is -2.29. The van der Waals surface area contributed by atoms with Gasteiger partial charge in [-0.1, -0.05) is 0 Å². The molecule has 0 radical (unpaired) electrons. The van der Waals surface area contributed by atoms with Crippen LogP contribution < -0.4 is 5.73 Å². The van der Waals surface area contributed by atoms with E-state index in [4.69, 9.17) is 5.73 Å². The van der Waals surface area contributed by atoms with Crippen LogP contribution in [-0.2, 0) is 16.6 Å². The Hall–Kier alpha value is -0.470. The summed E-state index contributed by atoms with van der Waals surface area (Å²) in [5.74, 6) is 0. The molecule has 19 heavy (non-hydrogen) atoms. The van der Waals surface area contributed by atoms with Crippen molar-refractivity contribution < 1.29 is 8.42 Å². The molecule has 1 rings (SSSR count). The standard InChI is InChI=1S/C12H23N3O2S2/c1-10-8-12(18-11(10)9-13)19(16,17)15(4)7-5-6-14(2)3/h8H,5-7,9,13H2,1-4H3. The number of hydrogen-bond acceptors (Lipinski definition) is 5. The number of sulfonamides is 1. The van der Waals surface area contributed by atoms with Gasteiger partial charge in [-0.25, -0.2) is 12.7 Å². The number of thiophene rings is 1. The number of aryl methyl sites for hydroxylation is 1. The zero-order valence-corrected chi connectivity index (χ0v) is 13.6. The molecule has 0 aliphatic heterocycles. The highest BCUT2D eigenvalue weighted by atomic mass is 32.2. The summed E-state index contributed by atoms with van der Waals surface area (Å²) in [4.78, 5) is 2.97. The van der Waals surface area contributed by atoms with Crippen molar-refractivity contribution in [1.82, 2.24) is 9.21 Å². The summed E-state index contributed by atoms with van der Waals surface area (Å²) in [6.07, 6.45) is 0.816. The van der Waals surface area contributed by atoms with Crippen LogP contribution in [0.5, 0.6) is 0 Å². The highest BCUT2D eigenvalue weighted by molar-refractivity contribution is 7.91. The summed E-state index contributed by atoms with van der Waals surface area (Å²) in [6.45, 7) is 3.67. The Kier molecular flexibility index (Phi) is 5.94. The van der Waals surface area contributed by atoms with Crippen LogP contribution in [0.2, 0.25) is 0 Å². The van der Waals surface area contributed by atoms with Gasteiger partial charge in [-0.15, -0.1) is 11.3 Å². The first-order chi connectivity index (χ1) is 8.78. The van der Waals surface area contributed by atoms with Gasteiger partial charge in [0, 0.05) is 25.0 Å². The molecule has 0 amide bonds. The van der Waals surface area contributed by atoms with Crippen LogP contribution >= 0.6 is 11.3 Å². The van der Waals surface area contributed by atoms with E-state index in [2.05, 4.69) is 0 Å². The molecule has 1 heterocycles. The van der Waals surface area contributed by atoms with Gasteiger partial charge in [-0.05, 0) is 45.6 Å². The quantitative estimate of drug-likeness (QED) is 0.819. The molecule has 0 atom stereocenters. The molecule has 0 aromatic carbocycles. The maximum absolute atomic E-state index is 12.4. The third-order valence-electron chi connectivity index (χ3n) is 2.93. The van der Waals surface area contributed by atoms with E-state index in [-0.39, 0.29) is 0 Å². The fourth-order valence-corrected chi connectivity index (χ4v) is 4.59. The first-order valence-corrected chi connectivity index (χ1v) is 8.45. The minimum Gasteiger partial charge on any atom is -0.326 e. The van der Waals surface area contributed by atoms with Gasteiger partial charge in [0.15, 0.2) is 0 Å². The van der Waals surface area contributed by atoms with Gasteiger partial charge in [0.05, 0.1) is 0 Å². The smallest absolute Gasteiger partial charge is 0.252 e. The molecule has 7 heteroatoms. The third-order valence-corrected chi connectivity index (χ3v) is 6.49. The van der Waals surface area contributed by atoms with E-state index in [0.717, 1.165) is 23.4 Å². The zero-order chi connectivity index (χ0) is 14.6. The summed E-state index contributed by atoms with van der Waals surface area (Å²) in [5, 5.41) is 0. The maximum atomic E-state index is 12.4. The first-order valence-electron chi connectivity index (χ1n) is 6.19. The summed E-state index contributed by atoms with van der Waals surface area (Å²) in [5.41, 5.74) is 6.54. The molecule has 0 unspecified atom stereocenters. The number of rotatable bonds is 7. The van der Waals surface area contributed by atoms with Crippen molar-refractivity contribution in [2.24, 2.45) is 5.73 Å². The topological polar surface area (TPSA) is 66.6 Å². The normalized spacial score (nSPS) is 12.6. The van der Waals surface area contributed by atoms with E-state index in [1.807, 2.05) is 25.9 Å². The molecule has 1 aromatic rings. The largest absolute Gasteiger partial charge is 0.326 e. The second-order valence-electron chi connectivity index (χ2n) is 4.86. The lowest BCUT2D eigenvalue weighted by molar-refractivity contribution is 0.370. The lowest BCUT2D eigenvalue weighted by atomic mass is 10.3. The zero-order valence-electron chi connectivity index (χ0n) is 12.0. The van der Waals surface area contributed by atoms with Gasteiger partial charge in [-0.2, -0.15) is 0 Å². The molecule has 2 N–H and O–H groups in total. The molecule has 0 aliphatic rings. The number of nitrogens with zero attached hydrogens (tertiary/aromatic N) is 2. The summed E-state index contributed by atoms with van der Waals surface area (Å²) < 4.78 is 26.5. The molecule has 0 fully saturated rings. The van der Waals surface area contributed by atoms with Crippen molar-refractivity contribution in [3.05, 3.63) is 16.5 Å². The van der Waals surface area contributed by atoms with Crippen molar-refractivity contribution in [2.75, 3.05) is 34.2 Å². The Bertz CT molecular complexity index is 509. The van der Waals surface area contributed by atoms with Crippen LogP contribution in [0.1, 0.15) is 16.9 Å².